The van der Waals surface area contributed by atoms with Crippen LogP contribution in [0.5, 0.6) is 0 Å². The van der Waals surface area contributed by atoms with E-state index in [1.54, 1.807) is 6.08 Å². The summed E-state index contributed by atoms with van der Waals surface area (Å²) in [5.74, 6) is 0.565. The average molecular weight is 284 g/mol. The number of thiocarbonyl (C=S) groups is 1. The van der Waals surface area contributed by atoms with Crippen molar-refractivity contribution < 1.29 is 0 Å². The summed E-state index contributed by atoms with van der Waals surface area (Å²) in [7, 11) is 0. The van der Waals surface area contributed by atoms with Gasteiger partial charge in [0.15, 0.2) is 0 Å². The van der Waals surface area contributed by atoms with Crippen molar-refractivity contribution in [2.75, 3.05) is 6.54 Å². The van der Waals surface area contributed by atoms with Gasteiger partial charge < -0.3 is 20.9 Å². The Morgan fingerprint density at radius 1 is 1.50 bits per heavy atom. The quantitative estimate of drug-likeness (QED) is 0.449. The zero-order valence-corrected chi connectivity index (χ0v) is 12.1. The van der Waals surface area contributed by atoms with Gasteiger partial charge in [-0.25, -0.2) is 0 Å². The van der Waals surface area contributed by atoms with Gasteiger partial charge in [0.2, 0.25) is 5.82 Å². The summed E-state index contributed by atoms with van der Waals surface area (Å²) in [6, 6.07) is 7.95. The fourth-order valence-electron chi connectivity index (χ4n) is 1.97. The number of hydrogen-bond acceptors (Lipinski definition) is 3. The van der Waals surface area contributed by atoms with Gasteiger partial charge in [0, 0.05) is 29.0 Å². The molecule has 2 rings (SSSR count). The summed E-state index contributed by atoms with van der Waals surface area (Å²) in [6.07, 6.45) is 1.79. The second-order valence-electron chi connectivity index (χ2n) is 4.65. The van der Waals surface area contributed by atoms with E-state index in [-0.39, 0.29) is 0 Å². The predicted octanol–water partition coefficient (Wildman–Crippen LogP) is 3.04. The molecule has 4 nitrogen and oxygen atoms in total. The van der Waals surface area contributed by atoms with Crippen LogP contribution in [0, 0.1) is 6.57 Å². The third-order valence-electron chi connectivity index (χ3n) is 2.81. The highest BCUT2D eigenvalue weighted by molar-refractivity contribution is 7.80. The first-order valence-corrected chi connectivity index (χ1v) is 6.66. The van der Waals surface area contributed by atoms with Crippen LogP contribution in [0.4, 0.5) is 5.82 Å². The minimum atomic E-state index is 0.565. The minimum Gasteiger partial charge on any atom is -0.402 e. The Kier molecular flexibility index (Phi) is 4.51. The number of fused-ring (bicyclic) bond motifs is 1. The van der Waals surface area contributed by atoms with E-state index in [0.717, 1.165) is 33.6 Å². The molecule has 0 unspecified atom stereocenters. The fourth-order valence-corrected chi connectivity index (χ4v) is 2.26. The third kappa shape index (κ3) is 3.67. The highest BCUT2D eigenvalue weighted by atomic mass is 32.1. The summed E-state index contributed by atoms with van der Waals surface area (Å²) in [5.41, 5.74) is 8.43. The van der Waals surface area contributed by atoms with Gasteiger partial charge in [0.1, 0.15) is 5.52 Å². The maximum absolute atomic E-state index is 7.00. The summed E-state index contributed by atoms with van der Waals surface area (Å²) in [5, 5.41) is 4.33. The van der Waals surface area contributed by atoms with Crippen LogP contribution in [-0.2, 0) is 6.54 Å². The molecule has 0 fully saturated rings. The van der Waals surface area contributed by atoms with Gasteiger partial charge in [0.25, 0.3) is 0 Å². The van der Waals surface area contributed by atoms with Gasteiger partial charge in [0.05, 0.1) is 0 Å². The van der Waals surface area contributed by atoms with E-state index in [4.69, 9.17) is 24.5 Å². The van der Waals surface area contributed by atoms with Gasteiger partial charge in [-0.15, -0.1) is 0 Å². The van der Waals surface area contributed by atoms with Crippen molar-refractivity contribution in [3.63, 3.8) is 0 Å². The highest BCUT2D eigenvalue weighted by Crippen LogP contribution is 2.21. The molecule has 0 amide bonds. The molecule has 102 valence electrons. The van der Waals surface area contributed by atoms with Crippen molar-refractivity contribution in [2.45, 2.75) is 13.5 Å². The molecule has 0 aliphatic heterocycles. The Morgan fingerprint density at radius 3 is 3.00 bits per heavy atom. The van der Waals surface area contributed by atoms with Crippen molar-refractivity contribution in [1.82, 2.24) is 10.3 Å². The second kappa shape index (κ2) is 6.33. The van der Waals surface area contributed by atoms with Crippen LogP contribution >= 0.6 is 12.2 Å². The summed E-state index contributed by atoms with van der Waals surface area (Å²) in [4.78, 5) is 7.24. The lowest BCUT2D eigenvalue weighted by Gasteiger charge is -2.04. The molecule has 0 aliphatic rings. The standard InChI is InChI=1S/C15H16N4S/c1-10(16)5-13(20)9-18-8-11-3-4-14-12(6-11)7-15(17-2)19-14/h3-7,18-19H,8-9,16H2,1H3. The van der Waals surface area contributed by atoms with Crippen LogP contribution in [0.2, 0.25) is 0 Å². The number of nitrogens with two attached hydrogens (primary N) is 1. The molecular weight excluding hydrogens is 268 g/mol. The Bertz CT molecular complexity index is 702. The molecule has 1 aromatic heterocycles. The van der Waals surface area contributed by atoms with Gasteiger partial charge >= 0.3 is 0 Å². The van der Waals surface area contributed by atoms with Crippen molar-refractivity contribution >= 4 is 33.8 Å². The topological polar surface area (TPSA) is 58.2 Å². The number of aromatic nitrogens is 1. The van der Waals surface area contributed by atoms with Gasteiger partial charge in [-0.3, -0.25) is 0 Å². The van der Waals surface area contributed by atoms with E-state index in [1.165, 1.54) is 0 Å². The number of aromatic amines is 1. The van der Waals surface area contributed by atoms with Crippen molar-refractivity contribution in [1.29, 1.82) is 0 Å². The lowest BCUT2D eigenvalue weighted by Crippen LogP contribution is -2.20. The summed E-state index contributed by atoms with van der Waals surface area (Å²) in [6.45, 7) is 10.2. The zero-order valence-electron chi connectivity index (χ0n) is 11.2. The zero-order chi connectivity index (χ0) is 14.5. The van der Waals surface area contributed by atoms with Gasteiger partial charge in [-0.2, -0.15) is 0 Å². The molecule has 1 heterocycles. The Hall–Kier alpha value is -2.16. The van der Waals surface area contributed by atoms with Crippen LogP contribution in [-0.4, -0.2) is 16.4 Å². The molecule has 5 heteroatoms. The van der Waals surface area contributed by atoms with E-state index < -0.39 is 0 Å². The monoisotopic (exact) mass is 284 g/mol. The molecule has 0 bridgehead atoms. The summed E-state index contributed by atoms with van der Waals surface area (Å²) < 4.78 is 0. The van der Waals surface area contributed by atoms with Crippen LogP contribution in [0.3, 0.4) is 0 Å². The second-order valence-corrected chi connectivity index (χ2v) is 5.17. The van der Waals surface area contributed by atoms with E-state index in [2.05, 4.69) is 21.2 Å². The van der Waals surface area contributed by atoms with E-state index in [0.29, 0.717) is 12.4 Å². The predicted molar refractivity (Wildman–Crippen MR) is 86.8 cm³/mol. The SMILES string of the molecule is [C-]#[N+]c1cc2cc(CNCC(=S)C=C(C)N)ccc2[nH]1. The van der Waals surface area contributed by atoms with E-state index in [1.807, 2.05) is 25.1 Å². The van der Waals surface area contributed by atoms with Crippen LogP contribution in [0.25, 0.3) is 15.7 Å². The fraction of sp³-hybridized carbons (Fsp3) is 0.200. The van der Waals surface area contributed by atoms with E-state index in [9.17, 15) is 0 Å². The maximum Gasteiger partial charge on any atom is 0.229 e. The number of allylic oxidation sites excluding steroid dienone is 1. The molecule has 0 saturated heterocycles. The van der Waals surface area contributed by atoms with Gasteiger partial charge in [-0.1, -0.05) is 24.9 Å². The molecular formula is C15H16N4S. The van der Waals surface area contributed by atoms with Gasteiger partial charge in [-0.05, 0) is 36.8 Å². The molecule has 2 aromatic rings. The normalized spacial score (nSPS) is 11.5. The average Bonchev–Trinajstić information content (AvgIpc) is 2.80. The molecule has 0 radical (unpaired) electrons. The number of hydrogen-bond donors (Lipinski definition) is 3. The van der Waals surface area contributed by atoms with Crippen LogP contribution in [0.1, 0.15) is 12.5 Å². The first-order chi connectivity index (χ1) is 9.58. The Morgan fingerprint density at radius 2 is 2.30 bits per heavy atom. The maximum atomic E-state index is 7.00. The lowest BCUT2D eigenvalue weighted by molar-refractivity contribution is 0.782. The van der Waals surface area contributed by atoms with Crippen LogP contribution < -0.4 is 11.1 Å². The van der Waals surface area contributed by atoms with Crippen molar-refractivity contribution in [3.8, 4) is 0 Å². The molecule has 4 N–H and O–H groups in total. The van der Waals surface area contributed by atoms with E-state index >= 15 is 0 Å². The molecule has 0 aliphatic carbocycles. The van der Waals surface area contributed by atoms with Crippen molar-refractivity contribution in [3.05, 3.63) is 53.0 Å². The Balaban J connectivity index is 1.98. The number of H-pyrrole nitrogens is 1. The van der Waals surface area contributed by atoms with Crippen molar-refractivity contribution in [2.24, 2.45) is 5.73 Å². The van der Waals surface area contributed by atoms with Crippen LogP contribution in [0.15, 0.2) is 36.0 Å². The number of nitrogens with one attached hydrogen (secondary N) is 2. The first-order valence-electron chi connectivity index (χ1n) is 6.25. The number of rotatable bonds is 5. The minimum absolute atomic E-state index is 0.565. The number of benzene rings is 1. The molecule has 0 spiro atoms. The lowest BCUT2D eigenvalue weighted by atomic mass is 10.1. The molecule has 0 atom stereocenters. The smallest absolute Gasteiger partial charge is 0.229 e. The Labute approximate surface area is 123 Å². The largest absolute Gasteiger partial charge is 0.402 e. The molecule has 0 saturated carbocycles. The molecule has 1 aromatic carbocycles. The first kappa shape index (κ1) is 14.3. The molecule has 20 heavy (non-hydrogen) atoms. The number of nitrogens with zero attached hydrogens (tertiary/aromatic N) is 1. The summed E-state index contributed by atoms with van der Waals surface area (Å²) >= 11 is 5.18. The highest BCUT2D eigenvalue weighted by Gasteiger charge is 2.02. The third-order valence-corrected chi connectivity index (χ3v) is 3.07.